The molecule has 4 rings (SSSR count). The highest BCUT2D eigenvalue weighted by Gasteiger charge is 2.34. The maximum absolute atomic E-state index is 13.2. The summed E-state index contributed by atoms with van der Waals surface area (Å²) in [6, 6.07) is 8.51. The molecule has 192 valence electrons. The topological polar surface area (TPSA) is 116 Å². The van der Waals surface area contributed by atoms with Gasteiger partial charge in [-0.1, -0.05) is 19.1 Å². The number of halogens is 3. The first kappa shape index (κ1) is 25.9. The first-order chi connectivity index (χ1) is 17.5. The molecule has 3 heterocycles. The van der Waals surface area contributed by atoms with Crippen LogP contribution in [0.4, 0.5) is 13.2 Å². The molecule has 0 aliphatic heterocycles. The molecule has 13 heteroatoms. The van der Waals surface area contributed by atoms with Crippen molar-refractivity contribution in [3.63, 3.8) is 0 Å². The Morgan fingerprint density at radius 2 is 1.95 bits per heavy atom. The third-order valence-electron chi connectivity index (χ3n) is 5.73. The van der Waals surface area contributed by atoms with Crippen molar-refractivity contribution in [3.8, 4) is 34.1 Å². The number of hydrogen-bond acceptors (Lipinski definition) is 8. The Kier molecular flexibility index (Phi) is 6.82. The van der Waals surface area contributed by atoms with Crippen molar-refractivity contribution in [1.29, 1.82) is 0 Å². The summed E-state index contributed by atoms with van der Waals surface area (Å²) in [5, 5.41) is 7.55. The van der Waals surface area contributed by atoms with Gasteiger partial charge in [0.1, 0.15) is 11.4 Å². The van der Waals surface area contributed by atoms with E-state index < -0.39 is 21.7 Å². The van der Waals surface area contributed by atoms with Crippen LogP contribution in [0.1, 0.15) is 18.3 Å². The molecule has 1 aromatic carbocycles. The fraction of sp³-hybridized carbons (Fsp3) is 0.208. The molecule has 0 unspecified atom stereocenters. The molecule has 0 saturated heterocycles. The lowest BCUT2D eigenvalue weighted by Gasteiger charge is -2.12. The van der Waals surface area contributed by atoms with Gasteiger partial charge in [-0.25, -0.2) is 13.4 Å². The third kappa shape index (κ3) is 5.07. The molecule has 0 aliphatic carbocycles. The fourth-order valence-corrected chi connectivity index (χ4v) is 4.65. The lowest BCUT2D eigenvalue weighted by atomic mass is 10.0. The van der Waals surface area contributed by atoms with Crippen LogP contribution < -0.4 is 0 Å². The Hall–Kier alpha value is -4.13. The molecule has 0 saturated carbocycles. The molecule has 9 nitrogen and oxygen atoms in total. The Bertz CT molecular complexity index is 1610. The highest BCUT2D eigenvalue weighted by atomic mass is 32.2. The normalized spacial score (nSPS) is 12.6. The van der Waals surface area contributed by atoms with Gasteiger partial charge in [0.15, 0.2) is 15.7 Å². The molecular weight excluding hydrogens is 509 g/mol. The second-order valence-corrected chi connectivity index (χ2v) is 10.2. The zero-order chi connectivity index (χ0) is 27.0. The highest BCUT2D eigenvalue weighted by molar-refractivity contribution is 7.91. The lowest BCUT2D eigenvalue weighted by Crippen LogP contribution is -2.09. The van der Waals surface area contributed by atoms with Gasteiger partial charge in [0.2, 0.25) is 12.3 Å². The lowest BCUT2D eigenvalue weighted by molar-refractivity contribution is -0.0912. The average molecular weight is 531 g/mol. The summed E-state index contributed by atoms with van der Waals surface area (Å²) in [6.45, 7) is 6.03. The van der Waals surface area contributed by atoms with Gasteiger partial charge < -0.3 is 8.98 Å². The molecule has 0 radical (unpaired) electrons. The van der Waals surface area contributed by atoms with E-state index in [4.69, 9.17) is 4.42 Å². The molecule has 0 spiro atoms. The molecule has 0 atom stereocenters. The number of allylic oxidation sites excluding steroid dienone is 1. The number of imidazole rings is 1. The number of alkyl halides is 3. The van der Waals surface area contributed by atoms with E-state index in [-0.39, 0.29) is 27.9 Å². The summed E-state index contributed by atoms with van der Waals surface area (Å²) < 4.78 is 72.6. The Labute approximate surface area is 210 Å². The van der Waals surface area contributed by atoms with Crippen molar-refractivity contribution < 1.29 is 26.0 Å². The molecule has 0 amide bonds. The number of nitrogens with zero attached hydrogens (tertiary/aromatic N) is 6. The SMILES string of the molecule is C=N/C(=C\c1nc(-c2ncc(-c3cccc(-c4nnco4)c3)cc2S(=O)(=O)CC)n(C)c1C)C(F)(F)F. The van der Waals surface area contributed by atoms with Crippen molar-refractivity contribution in [2.45, 2.75) is 24.9 Å². The van der Waals surface area contributed by atoms with Gasteiger partial charge >= 0.3 is 6.18 Å². The molecular formula is C24H21F3N6O3S. The van der Waals surface area contributed by atoms with Gasteiger partial charge in [0.05, 0.1) is 16.3 Å². The maximum atomic E-state index is 13.2. The number of benzene rings is 1. The van der Waals surface area contributed by atoms with E-state index in [1.54, 1.807) is 38.2 Å². The average Bonchev–Trinajstić information content (AvgIpc) is 3.51. The largest absolute Gasteiger partial charge is 0.433 e. The number of aliphatic imine (C=N–C) groups is 1. The van der Waals surface area contributed by atoms with E-state index >= 15 is 0 Å². The predicted molar refractivity (Wildman–Crippen MR) is 131 cm³/mol. The van der Waals surface area contributed by atoms with Crippen LogP contribution in [0.25, 0.3) is 40.2 Å². The van der Waals surface area contributed by atoms with Crippen LogP contribution in [0.2, 0.25) is 0 Å². The fourth-order valence-electron chi connectivity index (χ4n) is 3.59. The van der Waals surface area contributed by atoms with Gasteiger partial charge in [0, 0.05) is 30.1 Å². The first-order valence-electron chi connectivity index (χ1n) is 10.8. The highest BCUT2D eigenvalue weighted by Crippen LogP contribution is 2.34. The summed E-state index contributed by atoms with van der Waals surface area (Å²) in [6.07, 6.45) is -1.29. The second kappa shape index (κ2) is 9.73. The number of sulfone groups is 1. The van der Waals surface area contributed by atoms with E-state index in [2.05, 4.69) is 31.9 Å². The van der Waals surface area contributed by atoms with Crippen molar-refractivity contribution in [3.05, 3.63) is 60.0 Å². The summed E-state index contributed by atoms with van der Waals surface area (Å²) in [7, 11) is -2.25. The number of pyridine rings is 1. The summed E-state index contributed by atoms with van der Waals surface area (Å²) in [5.74, 6) is 0.165. The van der Waals surface area contributed by atoms with Crippen LogP contribution in [0.3, 0.4) is 0 Å². The Balaban J connectivity index is 1.88. The van der Waals surface area contributed by atoms with Gasteiger partial charge in [-0.05, 0) is 43.5 Å². The molecule has 0 bridgehead atoms. The van der Waals surface area contributed by atoms with Gasteiger partial charge in [0.25, 0.3) is 0 Å². The predicted octanol–water partition coefficient (Wildman–Crippen LogP) is 4.90. The van der Waals surface area contributed by atoms with E-state index in [1.807, 2.05) is 0 Å². The molecule has 0 fully saturated rings. The van der Waals surface area contributed by atoms with E-state index in [0.717, 1.165) is 6.08 Å². The van der Waals surface area contributed by atoms with Crippen LogP contribution in [-0.2, 0) is 16.9 Å². The van der Waals surface area contributed by atoms with Crippen LogP contribution in [0, 0.1) is 6.92 Å². The van der Waals surface area contributed by atoms with E-state index in [0.29, 0.717) is 28.3 Å². The minimum atomic E-state index is -4.72. The number of aromatic nitrogens is 5. The summed E-state index contributed by atoms with van der Waals surface area (Å²) in [5.41, 5.74) is 0.905. The van der Waals surface area contributed by atoms with Crippen LogP contribution >= 0.6 is 0 Å². The van der Waals surface area contributed by atoms with Gasteiger partial charge in [-0.3, -0.25) is 9.98 Å². The zero-order valence-corrected chi connectivity index (χ0v) is 20.8. The van der Waals surface area contributed by atoms with Crippen LogP contribution in [0.15, 0.2) is 62.9 Å². The maximum Gasteiger partial charge on any atom is 0.433 e. The van der Waals surface area contributed by atoms with E-state index in [1.165, 1.54) is 30.1 Å². The van der Waals surface area contributed by atoms with Crippen LogP contribution in [-0.4, -0.2) is 51.8 Å². The Morgan fingerprint density at radius 3 is 2.57 bits per heavy atom. The minimum absolute atomic E-state index is 0.0176. The number of rotatable bonds is 7. The molecule has 3 aromatic heterocycles. The summed E-state index contributed by atoms with van der Waals surface area (Å²) in [4.78, 5) is 11.6. The second-order valence-electron chi connectivity index (χ2n) is 7.95. The van der Waals surface area contributed by atoms with Crippen LogP contribution in [0.5, 0.6) is 0 Å². The molecule has 0 aliphatic rings. The van der Waals surface area contributed by atoms with Crippen molar-refractivity contribution in [2.75, 3.05) is 5.75 Å². The molecule has 37 heavy (non-hydrogen) atoms. The van der Waals surface area contributed by atoms with Gasteiger partial charge in [-0.2, -0.15) is 13.2 Å². The molecule has 0 N–H and O–H groups in total. The van der Waals surface area contributed by atoms with Crippen molar-refractivity contribution >= 4 is 22.6 Å². The monoisotopic (exact) mass is 530 g/mol. The van der Waals surface area contributed by atoms with Crippen molar-refractivity contribution in [1.82, 2.24) is 24.7 Å². The smallest absolute Gasteiger partial charge is 0.423 e. The minimum Gasteiger partial charge on any atom is -0.423 e. The molecule has 4 aromatic rings. The number of hydrogen-bond donors (Lipinski definition) is 0. The van der Waals surface area contributed by atoms with Crippen molar-refractivity contribution in [2.24, 2.45) is 12.0 Å². The first-order valence-corrected chi connectivity index (χ1v) is 12.5. The van der Waals surface area contributed by atoms with Gasteiger partial charge in [-0.15, -0.1) is 10.2 Å². The van der Waals surface area contributed by atoms with E-state index in [9.17, 15) is 21.6 Å². The Morgan fingerprint density at radius 1 is 1.22 bits per heavy atom. The standard InChI is InChI=1S/C24H21F3N6O3S/c1-5-37(34,35)19-10-17(15-7-6-8-16(9-15)23-32-30-13-36-23)12-29-21(19)22-31-18(14(2)33(22)4)11-20(28-3)24(25,26)27/h6-13H,3,5H2,1-2,4H3/b20-11-. The quantitative estimate of drug-likeness (QED) is 0.312. The zero-order valence-electron chi connectivity index (χ0n) is 20.0. The third-order valence-corrected chi connectivity index (χ3v) is 7.48. The summed E-state index contributed by atoms with van der Waals surface area (Å²) >= 11 is 0.